The van der Waals surface area contributed by atoms with Crippen molar-refractivity contribution in [1.82, 2.24) is 9.88 Å². The molecule has 0 aliphatic carbocycles. The summed E-state index contributed by atoms with van der Waals surface area (Å²) >= 11 is 4.84. The molecular weight excluding hydrogens is 428 g/mol. The van der Waals surface area contributed by atoms with Gasteiger partial charge in [0, 0.05) is 22.5 Å². The summed E-state index contributed by atoms with van der Waals surface area (Å²) in [6.07, 6.45) is 0. The third-order valence-corrected chi connectivity index (χ3v) is 5.34. The minimum Gasteiger partial charge on any atom is -0.497 e. The highest BCUT2D eigenvalue weighted by Crippen LogP contribution is 2.26. The molecule has 140 valence electrons. The molecule has 7 heteroatoms. The number of benzene rings is 2. The number of nitrogens with zero attached hydrogens (tertiary/aromatic N) is 2. The minimum atomic E-state index is -0.120. The fraction of sp³-hybridized carbons (Fsp3) is 0.200. The van der Waals surface area contributed by atoms with Gasteiger partial charge in [-0.2, -0.15) is 0 Å². The van der Waals surface area contributed by atoms with E-state index >= 15 is 0 Å². The zero-order valence-electron chi connectivity index (χ0n) is 15.0. The topological polar surface area (TPSA) is 51.7 Å². The number of carbonyl (C=O) groups excluding carboxylic acids is 1. The normalized spacial score (nSPS) is 10.5. The van der Waals surface area contributed by atoms with Crippen LogP contribution in [0.3, 0.4) is 0 Å². The van der Waals surface area contributed by atoms with Crippen molar-refractivity contribution in [1.29, 1.82) is 0 Å². The van der Waals surface area contributed by atoms with Crippen LogP contribution >= 0.6 is 27.3 Å². The summed E-state index contributed by atoms with van der Waals surface area (Å²) in [5, 5.41) is 2.59. The molecule has 1 amide bonds. The largest absolute Gasteiger partial charge is 0.497 e. The third kappa shape index (κ3) is 5.08. The maximum atomic E-state index is 12.6. The lowest BCUT2D eigenvalue weighted by Gasteiger charge is -2.16. The van der Waals surface area contributed by atoms with Crippen molar-refractivity contribution in [3.05, 3.63) is 64.1 Å². The molecule has 0 aliphatic rings. The van der Waals surface area contributed by atoms with Gasteiger partial charge in [-0.1, -0.05) is 15.9 Å². The van der Waals surface area contributed by atoms with Crippen LogP contribution < -0.4 is 9.47 Å². The molecule has 1 aromatic heterocycles. The molecule has 1 heterocycles. The summed E-state index contributed by atoms with van der Waals surface area (Å²) in [5.41, 5.74) is 1.40. The lowest BCUT2D eigenvalue weighted by atomic mass is 10.2. The fourth-order valence-corrected chi connectivity index (χ4v) is 3.43. The van der Waals surface area contributed by atoms with Gasteiger partial charge >= 0.3 is 0 Å². The van der Waals surface area contributed by atoms with Crippen molar-refractivity contribution in [3.63, 3.8) is 0 Å². The van der Waals surface area contributed by atoms with Gasteiger partial charge in [-0.25, -0.2) is 4.98 Å². The number of halogens is 1. The van der Waals surface area contributed by atoms with Crippen molar-refractivity contribution in [2.75, 3.05) is 27.3 Å². The van der Waals surface area contributed by atoms with Crippen molar-refractivity contribution in [2.45, 2.75) is 0 Å². The molecule has 0 spiro atoms. The summed E-state index contributed by atoms with van der Waals surface area (Å²) in [4.78, 5) is 18.7. The van der Waals surface area contributed by atoms with Gasteiger partial charge in [0.05, 0.1) is 13.7 Å². The van der Waals surface area contributed by atoms with E-state index in [0.29, 0.717) is 18.8 Å². The van der Waals surface area contributed by atoms with Gasteiger partial charge < -0.3 is 14.4 Å². The number of methoxy groups -OCH3 is 1. The molecule has 0 N–H and O–H groups in total. The standard InChI is InChI=1S/C20H19BrN2O3S/c1-23(11-12-26-17-9-5-15(21)6-10-17)20(24)18-13-27-19(22-18)14-3-7-16(25-2)8-4-14/h3-10,13H,11-12H2,1-2H3. The molecular formula is C20H19BrN2O3S. The number of aromatic nitrogens is 1. The molecule has 0 unspecified atom stereocenters. The molecule has 0 atom stereocenters. The molecule has 0 radical (unpaired) electrons. The highest BCUT2D eigenvalue weighted by Gasteiger charge is 2.16. The van der Waals surface area contributed by atoms with Crippen molar-refractivity contribution < 1.29 is 14.3 Å². The van der Waals surface area contributed by atoms with Gasteiger partial charge in [0.2, 0.25) is 0 Å². The van der Waals surface area contributed by atoms with Crippen LogP contribution in [0.5, 0.6) is 11.5 Å². The number of thiazole rings is 1. The number of carbonyl (C=O) groups is 1. The van der Waals surface area contributed by atoms with Crippen LogP contribution in [0.25, 0.3) is 10.6 Å². The van der Waals surface area contributed by atoms with Gasteiger partial charge in [-0.3, -0.25) is 4.79 Å². The highest BCUT2D eigenvalue weighted by molar-refractivity contribution is 9.10. The van der Waals surface area contributed by atoms with E-state index in [4.69, 9.17) is 9.47 Å². The first-order valence-electron chi connectivity index (χ1n) is 8.30. The smallest absolute Gasteiger partial charge is 0.273 e. The zero-order valence-corrected chi connectivity index (χ0v) is 17.4. The number of amides is 1. The Hall–Kier alpha value is -2.38. The Morgan fingerprint density at radius 1 is 1.11 bits per heavy atom. The lowest BCUT2D eigenvalue weighted by Crippen LogP contribution is -2.31. The van der Waals surface area contributed by atoms with E-state index in [1.165, 1.54) is 11.3 Å². The van der Waals surface area contributed by atoms with Gasteiger partial charge in [-0.15, -0.1) is 11.3 Å². The fourth-order valence-electron chi connectivity index (χ4n) is 2.37. The summed E-state index contributed by atoms with van der Waals surface area (Å²) < 4.78 is 11.8. The van der Waals surface area contributed by atoms with E-state index in [1.54, 1.807) is 24.4 Å². The highest BCUT2D eigenvalue weighted by atomic mass is 79.9. The van der Waals surface area contributed by atoms with Crippen LogP contribution in [-0.4, -0.2) is 43.1 Å². The summed E-state index contributed by atoms with van der Waals surface area (Å²) in [6.45, 7) is 0.892. The first-order chi connectivity index (χ1) is 13.1. The van der Waals surface area contributed by atoms with Crippen LogP contribution in [0.4, 0.5) is 0 Å². The van der Waals surface area contributed by atoms with Gasteiger partial charge in [0.1, 0.15) is 28.8 Å². The number of ether oxygens (including phenoxy) is 2. The van der Waals surface area contributed by atoms with Crippen LogP contribution in [-0.2, 0) is 0 Å². The Morgan fingerprint density at radius 2 is 1.78 bits per heavy atom. The average Bonchev–Trinajstić information content (AvgIpc) is 3.19. The molecule has 0 fully saturated rings. The molecule has 0 saturated carbocycles. The number of likely N-dealkylation sites (N-methyl/N-ethyl adjacent to an activating group) is 1. The Balaban J connectivity index is 1.56. The van der Waals surface area contributed by atoms with Crippen LogP contribution in [0.2, 0.25) is 0 Å². The van der Waals surface area contributed by atoms with Crippen LogP contribution in [0.1, 0.15) is 10.5 Å². The lowest BCUT2D eigenvalue weighted by molar-refractivity contribution is 0.0769. The van der Waals surface area contributed by atoms with Crippen LogP contribution in [0, 0.1) is 0 Å². The molecule has 5 nitrogen and oxygen atoms in total. The maximum Gasteiger partial charge on any atom is 0.273 e. The number of hydrogen-bond donors (Lipinski definition) is 0. The second kappa shape index (κ2) is 9.01. The molecule has 0 bridgehead atoms. The Kier molecular flexibility index (Phi) is 6.47. The van der Waals surface area contributed by atoms with Crippen LogP contribution in [0.15, 0.2) is 58.4 Å². The second-order valence-corrected chi connectivity index (χ2v) is 7.57. The Labute approximate surface area is 170 Å². The summed E-state index contributed by atoms with van der Waals surface area (Å²) in [7, 11) is 3.38. The molecule has 0 aliphatic heterocycles. The van der Waals surface area contributed by atoms with Crippen molar-refractivity contribution in [3.8, 4) is 22.1 Å². The minimum absolute atomic E-state index is 0.120. The van der Waals surface area contributed by atoms with E-state index in [-0.39, 0.29) is 5.91 Å². The van der Waals surface area contributed by atoms with E-state index in [9.17, 15) is 4.79 Å². The average molecular weight is 447 g/mol. The van der Waals surface area contributed by atoms with Gasteiger partial charge in [-0.05, 0) is 48.5 Å². The van der Waals surface area contributed by atoms with E-state index in [0.717, 1.165) is 26.5 Å². The van der Waals surface area contributed by atoms with Crippen molar-refractivity contribution >= 4 is 33.2 Å². The molecule has 0 saturated heterocycles. The summed E-state index contributed by atoms with van der Waals surface area (Å²) in [6, 6.07) is 15.2. The monoisotopic (exact) mass is 446 g/mol. The van der Waals surface area contributed by atoms with Gasteiger partial charge in [0.25, 0.3) is 5.91 Å². The first-order valence-corrected chi connectivity index (χ1v) is 9.98. The number of hydrogen-bond acceptors (Lipinski definition) is 5. The second-order valence-electron chi connectivity index (χ2n) is 5.80. The SMILES string of the molecule is COc1ccc(-c2nc(C(=O)N(C)CCOc3ccc(Br)cc3)cs2)cc1. The Morgan fingerprint density at radius 3 is 2.44 bits per heavy atom. The Bertz CT molecular complexity index is 894. The van der Waals surface area contributed by atoms with Crippen molar-refractivity contribution in [2.24, 2.45) is 0 Å². The third-order valence-electron chi connectivity index (χ3n) is 3.92. The predicted octanol–water partition coefficient (Wildman–Crippen LogP) is 4.73. The number of rotatable bonds is 7. The zero-order chi connectivity index (χ0) is 19.2. The van der Waals surface area contributed by atoms with E-state index < -0.39 is 0 Å². The molecule has 27 heavy (non-hydrogen) atoms. The summed E-state index contributed by atoms with van der Waals surface area (Å²) in [5.74, 6) is 1.44. The van der Waals surface area contributed by atoms with E-state index in [2.05, 4.69) is 20.9 Å². The quantitative estimate of drug-likeness (QED) is 0.526. The van der Waals surface area contributed by atoms with Gasteiger partial charge in [0.15, 0.2) is 0 Å². The molecule has 3 rings (SSSR count). The molecule has 2 aromatic carbocycles. The van der Waals surface area contributed by atoms with E-state index in [1.807, 2.05) is 48.5 Å². The first kappa shape index (κ1) is 19.4. The predicted molar refractivity (Wildman–Crippen MR) is 111 cm³/mol. The maximum absolute atomic E-state index is 12.6. The molecule has 3 aromatic rings.